The number of rotatable bonds is 2. The fourth-order valence-corrected chi connectivity index (χ4v) is 2.84. The Kier molecular flexibility index (Phi) is 2.78. The third-order valence-corrected chi connectivity index (χ3v) is 3.73. The third kappa shape index (κ3) is 1.88. The van der Waals surface area contributed by atoms with Crippen molar-refractivity contribution >= 4 is 11.9 Å². The number of hydrogen-bond donors (Lipinski definition) is 0. The minimum absolute atomic E-state index is 0.0748. The van der Waals surface area contributed by atoms with Gasteiger partial charge in [0.1, 0.15) is 6.61 Å². The molecule has 94 valence electrons. The zero-order chi connectivity index (χ0) is 12.5. The van der Waals surface area contributed by atoms with Gasteiger partial charge >= 0.3 is 6.09 Å². The van der Waals surface area contributed by atoms with Gasteiger partial charge in [0, 0.05) is 12.5 Å². The molecule has 2 heterocycles. The number of nitrogens with zero attached hydrogens (tertiary/aromatic N) is 1. The smallest absolute Gasteiger partial charge is 0.410 e. The Bertz CT molecular complexity index is 471. The second-order valence-electron chi connectivity index (χ2n) is 4.86. The van der Waals surface area contributed by atoms with Crippen LogP contribution < -0.4 is 0 Å². The van der Waals surface area contributed by atoms with Crippen LogP contribution in [0.5, 0.6) is 0 Å². The molecule has 2 aliphatic heterocycles. The highest BCUT2D eigenvalue weighted by molar-refractivity contribution is 5.92. The third-order valence-electron chi connectivity index (χ3n) is 3.73. The number of amides is 1. The van der Waals surface area contributed by atoms with Crippen LogP contribution in [0.15, 0.2) is 30.3 Å². The number of ether oxygens (including phenoxy) is 1. The van der Waals surface area contributed by atoms with Crippen molar-refractivity contribution in [3.8, 4) is 0 Å². The molecular weight excluding hydrogens is 230 g/mol. The van der Waals surface area contributed by atoms with Crippen LogP contribution in [0.25, 0.3) is 0 Å². The number of carbonyl (C=O) groups is 2. The van der Waals surface area contributed by atoms with E-state index in [4.69, 9.17) is 4.74 Å². The number of fused-ring (bicyclic) bond motifs is 2. The molecule has 0 spiro atoms. The van der Waals surface area contributed by atoms with Crippen molar-refractivity contribution < 1.29 is 14.3 Å². The molecular formula is C14H15NO3. The first-order chi connectivity index (χ1) is 8.75. The minimum atomic E-state index is -0.350. The van der Waals surface area contributed by atoms with Crippen LogP contribution in [0.3, 0.4) is 0 Å². The molecule has 2 fully saturated rings. The highest BCUT2D eigenvalue weighted by Gasteiger charge is 2.48. The molecule has 4 nitrogen and oxygen atoms in total. The molecule has 2 atom stereocenters. The Morgan fingerprint density at radius 3 is 2.67 bits per heavy atom. The van der Waals surface area contributed by atoms with Gasteiger partial charge in [0.15, 0.2) is 5.78 Å². The van der Waals surface area contributed by atoms with E-state index < -0.39 is 0 Å². The van der Waals surface area contributed by atoms with Gasteiger partial charge in [-0.15, -0.1) is 0 Å². The number of benzene rings is 1. The van der Waals surface area contributed by atoms with Crippen LogP contribution in [-0.2, 0) is 16.1 Å². The van der Waals surface area contributed by atoms with Crippen molar-refractivity contribution in [2.45, 2.75) is 38.0 Å². The Hall–Kier alpha value is -1.84. The predicted molar refractivity (Wildman–Crippen MR) is 64.9 cm³/mol. The predicted octanol–water partition coefficient (Wildman–Crippen LogP) is 2.13. The molecule has 18 heavy (non-hydrogen) atoms. The summed E-state index contributed by atoms with van der Waals surface area (Å²) in [5, 5.41) is 0. The molecule has 3 rings (SSSR count). The summed E-state index contributed by atoms with van der Waals surface area (Å²) in [5.74, 6) is 0.183. The zero-order valence-corrected chi connectivity index (χ0v) is 10.0. The topological polar surface area (TPSA) is 46.6 Å². The van der Waals surface area contributed by atoms with E-state index in [1.54, 1.807) is 4.90 Å². The maximum absolute atomic E-state index is 12.0. The summed E-state index contributed by atoms with van der Waals surface area (Å²) in [5.41, 5.74) is 0.962. The summed E-state index contributed by atoms with van der Waals surface area (Å²) in [6.07, 6.45) is 1.88. The molecule has 1 aromatic rings. The highest BCUT2D eigenvalue weighted by Crippen LogP contribution is 2.35. The molecule has 0 saturated carbocycles. The van der Waals surface area contributed by atoms with Crippen molar-refractivity contribution in [2.24, 2.45) is 0 Å². The second kappa shape index (κ2) is 4.44. The lowest BCUT2D eigenvalue weighted by molar-refractivity contribution is -0.120. The van der Waals surface area contributed by atoms with Crippen molar-refractivity contribution in [1.29, 1.82) is 0 Å². The summed E-state index contributed by atoms with van der Waals surface area (Å²) in [6.45, 7) is 0.268. The van der Waals surface area contributed by atoms with Gasteiger partial charge < -0.3 is 4.74 Å². The summed E-state index contributed by atoms with van der Waals surface area (Å²) in [7, 11) is 0. The van der Waals surface area contributed by atoms with Crippen LogP contribution in [0.1, 0.15) is 24.8 Å². The molecule has 2 saturated heterocycles. The van der Waals surface area contributed by atoms with Gasteiger partial charge in [0.2, 0.25) is 0 Å². The maximum Gasteiger partial charge on any atom is 0.410 e. The molecule has 1 aromatic carbocycles. The maximum atomic E-state index is 12.0. The fourth-order valence-electron chi connectivity index (χ4n) is 2.84. The van der Waals surface area contributed by atoms with Gasteiger partial charge in [0.25, 0.3) is 0 Å². The first kappa shape index (κ1) is 11.3. The lowest BCUT2D eigenvalue weighted by Gasteiger charge is -2.20. The monoisotopic (exact) mass is 245 g/mol. The summed E-state index contributed by atoms with van der Waals surface area (Å²) in [6, 6.07) is 9.42. The Morgan fingerprint density at radius 1 is 1.28 bits per heavy atom. The average Bonchev–Trinajstić information content (AvgIpc) is 2.94. The SMILES string of the molecule is O=C1C[C@@H]2CC[C@H]1N2C(=O)OCc1ccccc1. The number of hydrogen-bond acceptors (Lipinski definition) is 3. The Balaban J connectivity index is 1.61. The summed E-state index contributed by atoms with van der Waals surface area (Å²) in [4.78, 5) is 25.2. The van der Waals surface area contributed by atoms with Crippen LogP contribution >= 0.6 is 0 Å². The quantitative estimate of drug-likeness (QED) is 0.801. The molecule has 2 aliphatic rings. The van der Waals surface area contributed by atoms with Gasteiger partial charge in [-0.3, -0.25) is 9.69 Å². The molecule has 0 radical (unpaired) electrons. The highest BCUT2D eigenvalue weighted by atomic mass is 16.6. The second-order valence-corrected chi connectivity index (χ2v) is 4.86. The van der Waals surface area contributed by atoms with Crippen molar-refractivity contribution in [3.63, 3.8) is 0 Å². The number of Topliss-reactive ketones (excluding diaryl/α,β-unsaturated/α-hetero) is 1. The van der Waals surface area contributed by atoms with Crippen molar-refractivity contribution in [1.82, 2.24) is 4.90 Å². The van der Waals surface area contributed by atoms with Gasteiger partial charge in [-0.05, 0) is 18.4 Å². The van der Waals surface area contributed by atoms with E-state index in [0.29, 0.717) is 6.42 Å². The standard InChI is InChI=1S/C14H15NO3/c16-13-8-11-6-7-12(13)15(11)14(17)18-9-10-4-2-1-3-5-10/h1-5,11-12H,6-9H2/t11-,12+/m0/s1. The van der Waals surface area contributed by atoms with E-state index in [-0.39, 0.29) is 30.6 Å². The molecule has 2 bridgehead atoms. The normalized spacial score (nSPS) is 25.6. The van der Waals surface area contributed by atoms with E-state index in [9.17, 15) is 9.59 Å². The van der Waals surface area contributed by atoms with E-state index in [0.717, 1.165) is 18.4 Å². The minimum Gasteiger partial charge on any atom is -0.445 e. The van der Waals surface area contributed by atoms with Crippen LogP contribution in [0.2, 0.25) is 0 Å². The van der Waals surface area contributed by atoms with Crippen LogP contribution in [0.4, 0.5) is 4.79 Å². The van der Waals surface area contributed by atoms with Gasteiger partial charge in [-0.1, -0.05) is 30.3 Å². The van der Waals surface area contributed by atoms with Crippen molar-refractivity contribution in [2.75, 3.05) is 0 Å². The van der Waals surface area contributed by atoms with Gasteiger partial charge in [-0.2, -0.15) is 0 Å². The fraction of sp³-hybridized carbons (Fsp3) is 0.429. The molecule has 0 unspecified atom stereocenters. The lowest BCUT2D eigenvalue weighted by atomic mass is 10.00. The average molecular weight is 245 g/mol. The first-order valence-corrected chi connectivity index (χ1v) is 6.27. The number of ketones is 1. The Morgan fingerprint density at radius 2 is 2.06 bits per heavy atom. The Labute approximate surface area is 106 Å². The van der Waals surface area contributed by atoms with Gasteiger partial charge in [0.05, 0.1) is 6.04 Å². The zero-order valence-electron chi connectivity index (χ0n) is 10.0. The molecule has 4 heteroatoms. The van der Waals surface area contributed by atoms with Gasteiger partial charge in [-0.25, -0.2) is 4.79 Å². The molecule has 1 amide bonds. The molecule has 0 N–H and O–H groups in total. The van der Waals surface area contributed by atoms with Crippen LogP contribution in [0, 0.1) is 0 Å². The largest absolute Gasteiger partial charge is 0.445 e. The van der Waals surface area contributed by atoms with E-state index in [2.05, 4.69) is 0 Å². The van der Waals surface area contributed by atoms with Crippen molar-refractivity contribution in [3.05, 3.63) is 35.9 Å². The first-order valence-electron chi connectivity index (χ1n) is 6.27. The van der Waals surface area contributed by atoms with E-state index in [1.165, 1.54) is 0 Å². The van der Waals surface area contributed by atoms with E-state index >= 15 is 0 Å². The molecule has 0 aromatic heterocycles. The summed E-state index contributed by atoms with van der Waals surface area (Å²) >= 11 is 0. The van der Waals surface area contributed by atoms with E-state index in [1.807, 2.05) is 30.3 Å². The summed E-state index contributed by atoms with van der Waals surface area (Å²) < 4.78 is 5.28. The molecule has 0 aliphatic carbocycles. The van der Waals surface area contributed by atoms with Crippen LogP contribution in [-0.4, -0.2) is 28.9 Å². The lowest BCUT2D eigenvalue weighted by Crippen LogP contribution is -2.36. The number of carbonyl (C=O) groups excluding carboxylic acids is 2.